The van der Waals surface area contributed by atoms with Gasteiger partial charge in [-0.2, -0.15) is 0 Å². The smallest absolute Gasteiger partial charge is 0.359 e. The Bertz CT molecular complexity index is 862. The van der Waals surface area contributed by atoms with E-state index >= 15 is 0 Å². The monoisotopic (exact) mass is 311 g/mol. The summed E-state index contributed by atoms with van der Waals surface area (Å²) in [6.07, 6.45) is 4.59. The highest BCUT2D eigenvalue weighted by Crippen LogP contribution is 2.19. The molecule has 0 fully saturated rings. The van der Waals surface area contributed by atoms with Crippen LogP contribution in [0.3, 0.4) is 0 Å². The number of H-pyrrole nitrogens is 1. The van der Waals surface area contributed by atoms with Gasteiger partial charge in [-0.1, -0.05) is 0 Å². The predicted octanol–water partition coefficient (Wildman–Crippen LogP) is 2.68. The van der Waals surface area contributed by atoms with Crippen LogP contribution in [-0.4, -0.2) is 36.5 Å². The minimum atomic E-state index is -0.570. The zero-order valence-electron chi connectivity index (χ0n) is 13.4. The first-order valence-corrected chi connectivity index (χ1v) is 7.20. The van der Waals surface area contributed by atoms with Crippen LogP contribution in [0, 0.1) is 6.92 Å². The summed E-state index contributed by atoms with van der Waals surface area (Å²) < 4.78 is 5.26. The van der Waals surface area contributed by atoms with Crippen molar-refractivity contribution in [3.05, 3.63) is 35.9 Å². The lowest BCUT2D eigenvalue weighted by molar-refractivity contribution is 0.00624. The van der Waals surface area contributed by atoms with Crippen molar-refractivity contribution < 1.29 is 9.53 Å². The van der Waals surface area contributed by atoms with E-state index in [2.05, 4.69) is 24.9 Å². The highest BCUT2D eigenvalue weighted by atomic mass is 16.6. The van der Waals surface area contributed by atoms with E-state index < -0.39 is 11.6 Å². The summed E-state index contributed by atoms with van der Waals surface area (Å²) >= 11 is 0. The van der Waals surface area contributed by atoms with E-state index in [1.165, 1.54) is 12.4 Å². The molecule has 3 heterocycles. The SMILES string of the molecule is Cc1ccnc2nc(-c3cnc(C(=O)OC(C)(C)C)cn3)[nH]c12. The second-order valence-electron chi connectivity index (χ2n) is 6.20. The van der Waals surface area contributed by atoms with Gasteiger partial charge in [-0.3, -0.25) is 0 Å². The molecular formula is C16H17N5O2. The summed E-state index contributed by atoms with van der Waals surface area (Å²) in [5, 5.41) is 0. The van der Waals surface area contributed by atoms with Gasteiger partial charge >= 0.3 is 5.97 Å². The van der Waals surface area contributed by atoms with Crippen LogP contribution in [0.2, 0.25) is 0 Å². The molecule has 0 spiro atoms. The number of hydrogen-bond acceptors (Lipinski definition) is 6. The van der Waals surface area contributed by atoms with Crippen molar-refractivity contribution in [1.82, 2.24) is 24.9 Å². The number of ether oxygens (including phenoxy) is 1. The fraction of sp³-hybridized carbons (Fsp3) is 0.312. The zero-order valence-corrected chi connectivity index (χ0v) is 13.4. The van der Waals surface area contributed by atoms with Crippen molar-refractivity contribution in [2.45, 2.75) is 33.3 Å². The van der Waals surface area contributed by atoms with Crippen LogP contribution in [0.15, 0.2) is 24.7 Å². The third-order valence-corrected chi connectivity index (χ3v) is 3.10. The molecule has 3 aromatic heterocycles. The molecule has 0 saturated carbocycles. The van der Waals surface area contributed by atoms with E-state index in [1.54, 1.807) is 27.0 Å². The lowest BCUT2D eigenvalue weighted by Crippen LogP contribution is -2.24. The molecule has 0 radical (unpaired) electrons. The quantitative estimate of drug-likeness (QED) is 0.731. The molecule has 0 aromatic carbocycles. The molecule has 0 bridgehead atoms. The maximum Gasteiger partial charge on any atom is 0.359 e. The number of rotatable bonds is 2. The minimum Gasteiger partial charge on any atom is -0.455 e. The van der Waals surface area contributed by atoms with Gasteiger partial charge in [0.05, 0.1) is 17.9 Å². The Labute approximate surface area is 133 Å². The molecule has 3 aromatic rings. The lowest BCUT2D eigenvalue weighted by atomic mass is 10.2. The summed E-state index contributed by atoms with van der Waals surface area (Å²) in [4.78, 5) is 32.1. The van der Waals surface area contributed by atoms with Crippen LogP contribution in [0.1, 0.15) is 36.8 Å². The maximum atomic E-state index is 11.9. The molecule has 23 heavy (non-hydrogen) atoms. The Hall–Kier alpha value is -2.83. The number of aromatic nitrogens is 5. The van der Waals surface area contributed by atoms with Gasteiger partial charge in [0.25, 0.3) is 0 Å². The lowest BCUT2D eigenvalue weighted by Gasteiger charge is -2.18. The van der Waals surface area contributed by atoms with Gasteiger partial charge in [0, 0.05) is 6.20 Å². The number of hydrogen-bond donors (Lipinski definition) is 1. The molecule has 3 rings (SSSR count). The Morgan fingerprint density at radius 1 is 1.17 bits per heavy atom. The molecule has 0 aliphatic rings. The van der Waals surface area contributed by atoms with Crippen molar-refractivity contribution in [3.8, 4) is 11.5 Å². The van der Waals surface area contributed by atoms with Crippen LogP contribution in [-0.2, 0) is 4.74 Å². The van der Waals surface area contributed by atoms with Gasteiger partial charge < -0.3 is 9.72 Å². The van der Waals surface area contributed by atoms with Gasteiger partial charge in [-0.05, 0) is 39.3 Å². The fourth-order valence-corrected chi connectivity index (χ4v) is 2.04. The van der Waals surface area contributed by atoms with E-state index in [0.29, 0.717) is 17.2 Å². The van der Waals surface area contributed by atoms with Crippen LogP contribution < -0.4 is 0 Å². The zero-order chi connectivity index (χ0) is 16.6. The van der Waals surface area contributed by atoms with Crippen molar-refractivity contribution in [2.24, 2.45) is 0 Å². The third-order valence-electron chi connectivity index (χ3n) is 3.10. The Morgan fingerprint density at radius 3 is 2.57 bits per heavy atom. The molecule has 7 heteroatoms. The Morgan fingerprint density at radius 2 is 1.96 bits per heavy atom. The van der Waals surface area contributed by atoms with E-state index in [4.69, 9.17) is 4.74 Å². The molecule has 0 aliphatic carbocycles. The first-order valence-electron chi connectivity index (χ1n) is 7.20. The molecule has 0 saturated heterocycles. The van der Waals surface area contributed by atoms with Gasteiger partial charge in [0.2, 0.25) is 0 Å². The summed E-state index contributed by atoms with van der Waals surface area (Å²) in [5.41, 5.74) is 2.66. The highest BCUT2D eigenvalue weighted by molar-refractivity contribution is 5.87. The maximum absolute atomic E-state index is 11.9. The third kappa shape index (κ3) is 3.18. The van der Waals surface area contributed by atoms with Gasteiger partial charge in [-0.25, -0.2) is 24.7 Å². The summed E-state index contributed by atoms with van der Waals surface area (Å²) in [6, 6.07) is 1.90. The van der Waals surface area contributed by atoms with E-state index in [0.717, 1.165) is 11.1 Å². The number of pyridine rings is 1. The van der Waals surface area contributed by atoms with E-state index in [-0.39, 0.29) is 5.69 Å². The Balaban J connectivity index is 1.89. The standard InChI is InChI=1S/C16H17N5O2/c1-9-5-6-17-14-12(9)20-13(21-14)10-7-19-11(8-18-10)15(22)23-16(2,3)4/h5-8H,1-4H3,(H,17,20,21). The topological polar surface area (TPSA) is 93.7 Å². The van der Waals surface area contributed by atoms with Crippen molar-refractivity contribution in [1.29, 1.82) is 0 Å². The van der Waals surface area contributed by atoms with Crippen molar-refractivity contribution >= 4 is 17.1 Å². The number of carbonyl (C=O) groups is 1. The number of carbonyl (C=O) groups excluding carboxylic acids is 1. The molecule has 0 amide bonds. The largest absolute Gasteiger partial charge is 0.455 e. The number of aryl methyl sites for hydroxylation is 1. The van der Waals surface area contributed by atoms with E-state index in [9.17, 15) is 4.79 Å². The molecule has 0 aliphatic heterocycles. The van der Waals surface area contributed by atoms with Gasteiger partial charge in [-0.15, -0.1) is 0 Å². The van der Waals surface area contributed by atoms with Crippen molar-refractivity contribution in [3.63, 3.8) is 0 Å². The first-order chi connectivity index (χ1) is 10.8. The molecule has 0 unspecified atom stereocenters. The number of aromatic amines is 1. The average Bonchev–Trinajstić information content (AvgIpc) is 2.91. The predicted molar refractivity (Wildman–Crippen MR) is 84.8 cm³/mol. The molecule has 0 atom stereocenters. The Kier molecular flexibility index (Phi) is 3.55. The second kappa shape index (κ2) is 5.42. The normalized spacial score (nSPS) is 11.7. The molecule has 118 valence electrons. The summed E-state index contributed by atoms with van der Waals surface area (Å²) in [7, 11) is 0. The van der Waals surface area contributed by atoms with Gasteiger partial charge in [0.15, 0.2) is 17.2 Å². The second-order valence-corrected chi connectivity index (χ2v) is 6.20. The van der Waals surface area contributed by atoms with E-state index in [1.807, 2.05) is 13.0 Å². The van der Waals surface area contributed by atoms with Gasteiger partial charge in [0.1, 0.15) is 11.3 Å². The molecule has 7 nitrogen and oxygen atoms in total. The number of esters is 1. The molecule has 1 N–H and O–H groups in total. The van der Waals surface area contributed by atoms with Crippen molar-refractivity contribution in [2.75, 3.05) is 0 Å². The summed E-state index contributed by atoms with van der Waals surface area (Å²) in [6.45, 7) is 7.38. The summed E-state index contributed by atoms with van der Waals surface area (Å²) in [5.74, 6) is 0.0590. The highest BCUT2D eigenvalue weighted by Gasteiger charge is 2.19. The average molecular weight is 311 g/mol. The minimum absolute atomic E-state index is 0.161. The number of fused-ring (bicyclic) bond motifs is 1. The number of nitrogens with zero attached hydrogens (tertiary/aromatic N) is 4. The first kappa shape index (κ1) is 15.1. The molecular weight excluding hydrogens is 294 g/mol. The van der Waals surface area contributed by atoms with Crippen LogP contribution in [0.4, 0.5) is 0 Å². The number of nitrogens with one attached hydrogen (secondary N) is 1. The van der Waals surface area contributed by atoms with Crippen LogP contribution >= 0.6 is 0 Å². The van der Waals surface area contributed by atoms with Crippen LogP contribution in [0.5, 0.6) is 0 Å². The van der Waals surface area contributed by atoms with Crippen LogP contribution in [0.25, 0.3) is 22.7 Å². The fourth-order valence-electron chi connectivity index (χ4n) is 2.04. The number of imidazole rings is 1.